The first-order chi connectivity index (χ1) is 14.9. The molecule has 4 rings (SSSR count). The fraction of sp³-hybridized carbons (Fsp3) is 0.185. The number of rotatable bonds is 5. The van der Waals surface area contributed by atoms with Gasteiger partial charge < -0.3 is 0 Å². The Morgan fingerprint density at radius 1 is 0.774 bits per heavy atom. The van der Waals surface area contributed by atoms with E-state index in [1.165, 1.54) is 22.2 Å². The van der Waals surface area contributed by atoms with Crippen LogP contribution < -0.4 is 4.90 Å². The second kappa shape index (κ2) is 8.56. The molecule has 31 heavy (non-hydrogen) atoms. The van der Waals surface area contributed by atoms with Crippen LogP contribution in [-0.2, 0) is 9.59 Å². The monoisotopic (exact) mass is 427 g/mol. The average molecular weight is 428 g/mol. The van der Waals surface area contributed by atoms with Crippen molar-refractivity contribution in [2.75, 3.05) is 4.90 Å². The molecule has 0 spiro atoms. The van der Waals surface area contributed by atoms with Crippen molar-refractivity contribution in [3.63, 3.8) is 0 Å². The Morgan fingerprint density at radius 2 is 1.45 bits per heavy atom. The van der Waals surface area contributed by atoms with E-state index in [0.717, 1.165) is 21.6 Å². The van der Waals surface area contributed by atoms with E-state index in [0.29, 0.717) is 22.1 Å². The van der Waals surface area contributed by atoms with Gasteiger partial charge in [-0.2, -0.15) is 0 Å². The van der Waals surface area contributed by atoms with Crippen LogP contribution in [0, 0.1) is 13.8 Å². The number of amides is 2. The normalized spacial score (nSPS) is 14.2. The third-order valence-electron chi connectivity index (χ3n) is 5.62. The molecule has 0 bridgehead atoms. The second-order valence-electron chi connectivity index (χ2n) is 8.11. The van der Waals surface area contributed by atoms with Gasteiger partial charge in [0.1, 0.15) is 0 Å². The number of aryl methyl sites for hydroxylation is 2. The van der Waals surface area contributed by atoms with Crippen molar-refractivity contribution in [3.8, 4) is 0 Å². The fourth-order valence-electron chi connectivity index (χ4n) is 3.61. The van der Waals surface area contributed by atoms with Crippen molar-refractivity contribution < 1.29 is 9.59 Å². The molecule has 0 unspecified atom stereocenters. The van der Waals surface area contributed by atoms with Crippen molar-refractivity contribution in [2.24, 2.45) is 0 Å². The van der Waals surface area contributed by atoms with Gasteiger partial charge in [0.25, 0.3) is 11.8 Å². The summed E-state index contributed by atoms with van der Waals surface area (Å²) in [7, 11) is 0. The number of hydrogen-bond donors (Lipinski definition) is 0. The third-order valence-corrected chi connectivity index (χ3v) is 6.71. The van der Waals surface area contributed by atoms with E-state index in [9.17, 15) is 9.59 Å². The van der Waals surface area contributed by atoms with Crippen LogP contribution in [-0.4, -0.2) is 11.8 Å². The Hall–Kier alpha value is -3.11. The lowest BCUT2D eigenvalue weighted by atomic mass is 10.0. The van der Waals surface area contributed by atoms with Gasteiger partial charge in [0, 0.05) is 4.90 Å². The van der Waals surface area contributed by atoms with E-state index >= 15 is 0 Å². The Balaban J connectivity index is 1.80. The van der Waals surface area contributed by atoms with Crippen molar-refractivity contribution in [2.45, 2.75) is 38.5 Å². The SMILES string of the molecule is Cc1ccc(C2=C(Sc3ccccc3)C(=O)N(c3ccc(C(C)C)cc3)C2=O)cc1C. The lowest BCUT2D eigenvalue weighted by Crippen LogP contribution is -2.31. The van der Waals surface area contributed by atoms with Gasteiger partial charge in [0.05, 0.1) is 16.2 Å². The first-order valence-electron chi connectivity index (χ1n) is 10.4. The van der Waals surface area contributed by atoms with Crippen LogP contribution in [0.4, 0.5) is 5.69 Å². The molecule has 0 fully saturated rings. The molecule has 0 aromatic heterocycles. The molecule has 4 heteroatoms. The van der Waals surface area contributed by atoms with Crippen molar-refractivity contribution in [1.29, 1.82) is 0 Å². The van der Waals surface area contributed by atoms with E-state index in [-0.39, 0.29) is 11.8 Å². The third kappa shape index (κ3) is 4.08. The molecule has 3 nitrogen and oxygen atoms in total. The van der Waals surface area contributed by atoms with Gasteiger partial charge >= 0.3 is 0 Å². The lowest BCUT2D eigenvalue weighted by Gasteiger charge is -2.16. The molecule has 1 aliphatic heterocycles. The molecule has 0 saturated heterocycles. The summed E-state index contributed by atoms with van der Waals surface area (Å²) in [6.07, 6.45) is 0. The molecule has 2 amide bonds. The van der Waals surface area contributed by atoms with E-state index in [4.69, 9.17) is 0 Å². The molecule has 0 saturated carbocycles. The van der Waals surface area contributed by atoms with Gasteiger partial charge in [-0.15, -0.1) is 0 Å². The van der Waals surface area contributed by atoms with Crippen LogP contribution in [0.5, 0.6) is 0 Å². The van der Waals surface area contributed by atoms with Crippen LogP contribution in [0.15, 0.2) is 82.6 Å². The van der Waals surface area contributed by atoms with Crippen LogP contribution in [0.2, 0.25) is 0 Å². The van der Waals surface area contributed by atoms with Gasteiger partial charge in [-0.3, -0.25) is 9.59 Å². The Labute approximate surface area is 187 Å². The average Bonchev–Trinajstić information content (AvgIpc) is 3.00. The summed E-state index contributed by atoms with van der Waals surface area (Å²) in [6, 6.07) is 23.3. The molecule has 0 N–H and O–H groups in total. The van der Waals surface area contributed by atoms with Crippen LogP contribution in [0.25, 0.3) is 5.57 Å². The summed E-state index contributed by atoms with van der Waals surface area (Å²) in [5.74, 6) is -0.166. The zero-order valence-electron chi connectivity index (χ0n) is 18.2. The number of carbonyl (C=O) groups excluding carboxylic acids is 2. The van der Waals surface area contributed by atoms with E-state index in [1.807, 2.05) is 86.6 Å². The smallest absolute Gasteiger partial charge is 0.268 e. The summed E-state index contributed by atoms with van der Waals surface area (Å²) in [5, 5.41) is 0. The quantitative estimate of drug-likeness (QED) is 0.436. The van der Waals surface area contributed by atoms with Gasteiger partial charge in [-0.05, 0) is 66.3 Å². The number of carbonyl (C=O) groups is 2. The minimum atomic E-state index is -0.274. The molecule has 1 aliphatic rings. The van der Waals surface area contributed by atoms with Crippen molar-refractivity contribution in [3.05, 3.63) is 100.0 Å². The predicted molar refractivity (Wildman–Crippen MR) is 128 cm³/mol. The maximum Gasteiger partial charge on any atom is 0.272 e. The number of nitrogens with zero attached hydrogens (tertiary/aromatic N) is 1. The van der Waals surface area contributed by atoms with E-state index in [1.54, 1.807) is 0 Å². The molecule has 0 atom stereocenters. The molecule has 0 aliphatic carbocycles. The topological polar surface area (TPSA) is 37.4 Å². The van der Waals surface area contributed by atoms with E-state index < -0.39 is 0 Å². The Morgan fingerprint density at radius 3 is 2.06 bits per heavy atom. The molecule has 3 aromatic rings. The molecule has 1 heterocycles. The summed E-state index contributed by atoms with van der Waals surface area (Å²) in [5.41, 5.74) is 5.26. The molecular formula is C27H25NO2S. The molecular weight excluding hydrogens is 402 g/mol. The van der Waals surface area contributed by atoms with Crippen LogP contribution in [0.3, 0.4) is 0 Å². The second-order valence-corrected chi connectivity index (χ2v) is 9.19. The summed E-state index contributed by atoms with van der Waals surface area (Å²) < 4.78 is 0. The largest absolute Gasteiger partial charge is 0.272 e. The van der Waals surface area contributed by atoms with Crippen molar-refractivity contribution >= 4 is 34.8 Å². The Bertz CT molecular complexity index is 1180. The highest BCUT2D eigenvalue weighted by molar-refractivity contribution is 8.04. The zero-order valence-corrected chi connectivity index (χ0v) is 19.0. The molecule has 3 aromatic carbocycles. The molecule has 0 radical (unpaired) electrons. The predicted octanol–water partition coefficient (Wildman–Crippen LogP) is 6.50. The number of thioether (sulfide) groups is 1. The summed E-state index contributed by atoms with van der Waals surface area (Å²) in [6.45, 7) is 8.30. The van der Waals surface area contributed by atoms with Gasteiger partial charge in [-0.1, -0.05) is 74.1 Å². The highest BCUT2D eigenvalue weighted by Crippen LogP contribution is 2.41. The molecule has 156 valence electrons. The fourth-order valence-corrected chi connectivity index (χ4v) is 4.62. The number of imide groups is 1. The maximum atomic E-state index is 13.6. The summed E-state index contributed by atoms with van der Waals surface area (Å²) >= 11 is 1.35. The van der Waals surface area contributed by atoms with Gasteiger partial charge in [-0.25, -0.2) is 4.90 Å². The van der Waals surface area contributed by atoms with Crippen molar-refractivity contribution in [1.82, 2.24) is 0 Å². The number of hydrogen-bond acceptors (Lipinski definition) is 3. The minimum Gasteiger partial charge on any atom is -0.268 e. The van der Waals surface area contributed by atoms with Crippen LogP contribution >= 0.6 is 11.8 Å². The lowest BCUT2D eigenvalue weighted by molar-refractivity contribution is -0.119. The first-order valence-corrected chi connectivity index (χ1v) is 11.2. The first kappa shape index (κ1) is 21.1. The summed E-state index contributed by atoms with van der Waals surface area (Å²) in [4.78, 5) is 29.8. The standard InChI is InChI=1S/C27H25NO2S/c1-17(2)20-12-14-22(15-13-20)28-26(29)24(21-11-10-18(3)19(4)16-21)25(27(28)30)31-23-8-6-5-7-9-23/h5-17H,1-4H3. The zero-order chi connectivity index (χ0) is 22.1. The van der Waals surface area contributed by atoms with Crippen LogP contribution in [0.1, 0.15) is 42.0 Å². The Kier molecular flexibility index (Phi) is 5.84. The van der Waals surface area contributed by atoms with Gasteiger partial charge in [0.2, 0.25) is 0 Å². The maximum absolute atomic E-state index is 13.6. The van der Waals surface area contributed by atoms with E-state index in [2.05, 4.69) is 13.8 Å². The highest BCUT2D eigenvalue weighted by Gasteiger charge is 2.40. The minimum absolute atomic E-state index is 0.274. The number of benzene rings is 3. The van der Waals surface area contributed by atoms with Gasteiger partial charge in [0.15, 0.2) is 0 Å². The number of anilines is 1. The highest BCUT2D eigenvalue weighted by atomic mass is 32.2.